The van der Waals surface area contributed by atoms with Crippen LogP contribution >= 0.6 is 11.6 Å². The number of hydrogen-bond acceptors (Lipinski definition) is 3. The second-order valence-electron chi connectivity index (χ2n) is 4.11. The number of halogens is 1. The topological polar surface area (TPSA) is 41.5 Å². The third-order valence-electron chi connectivity index (χ3n) is 2.47. The summed E-state index contributed by atoms with van der Waals surface area (Å²) in [7, 11) is 0. The van der Waals surface area contributed by atoms with Crippen molar-refractivity contribution in [1.29, 1.82) is 0 Å². The highest BCUT2D eigenvalue weighted by Crippen LogP contribution is 2.12. The van der Waals surface area contributed by atoms with Crippen LogP contribution < -0.4 is 10.1 Å². The van der Waals surface area contributed by atoms with Gasteiger partial charge in [-0.15, -0.1) is 0 Å². The second kappa shape index (κ2) is 8.14. The van der Waals surface area contributed by atoms with E-state index in [1.807, 2.05) is 24.3 Å². The predicted molar refractivity (Wildman–Crippen MR) is 75.2 cm³/mol. The lowest BCUT2D eigenvalue weighted by molar-refractivity contribution is 0.107. The Morgan fingerprint density at radius 3 is 2.67 bits per heavy atom. The average Bonchev–Trinajstić information content (AvgIpc) is 2.36. The van der Waals surface area contributed by atoms with E-state index in [-0.39, 0.29) is 6.61 Å². The standard InChI is InChI=1S/C14H20ClNO2/c1-3-12-4-6-14(7-5-12)18-10-13(17)9-16-8-11(2)15/h4-7,13,16-17H,2-3,8-10H2,1H3. The Kier molecular flexibility index (Phi) is 6.80. The molecule has 0 saturated carbocycles. The third-order valence-corrected chi connectivity index (χ3v) is 2.60. The van der Waals surface area contributed by atoms with Crippen LogP contribution in [0.3, 0.4) is 0 Å². The lowest BCUT2D eigenvalue weighted by Crippen LogP contribution is -2.32. The summed E-state index contributed by atoms with van der Waals surface area (Å²) in [5, 5.41) is 13.2. The number of aryl methyl sites for hydroxylation is 1. The Hall–Kier alpha value is -1.03. The number of benzene rings is 1. The van der Waals surface area contributed by atoms with Gasteiger partial charge in [-0.25, -0.2) is 0 Å². The molecule has 18 heavy (non-hydrogen) atoms. The highest BCUT2D eigenvalue weighted by molar-refractivity contribution is 6.29. The number of hydrogen-bond donors (Lipinski definition) is 2. The van der Waals surface area contributed by atoms with Crippen molar-refractivity contribution in [3.05, 3.63) is 41.4 Å². The molecule has 100 valence electrons. The molecule has 0 bridgehead atoms. The number of ether oxygens (including phenoxy) is 1. The van der Waals surface area contributed by atoms with Gasteiger partial charge in [0.15, 0.2) is 0 Å². The van der Waals surface area contributed by atoms with Gasteiger partial charge in [-0.3, -0.25) is 0 Å². The van der Waals surface area contributed by atoms with Crippen molar-refractivity contribution >= 4 is 11.6 Å². The van der Waals surface area contributed by atoms with Crippen LogP contribution in [0.1, 0.15) is 12.5 Å². The van der Waals surface area contributed by atoms with Crippen LogP contribution in [0.5, 0.6) is 5.75 Å². The molecule has 0 saturated heterocycles. The smallest absolute Gasteiger partial charge is 0.119 e. The number of aliphatic hydroxyl groups is 1. The highest BCUT2D eigenvalue weighted by Gasteiger charge is 2.04. The quantitative estimate of drug-likeness (QED) is 0.761. The fourth-order valence-electron chi connectivity index (χ4n) is 1.45. The Labute approximate surface area is 113 Å². The monoisotopic (exact) mass is 269 g/mol. The summed E-state index contributed by atoms with van der Waals surface area (Å²) in [4.78, 5) is 0. The lowest BCUT2D eigenvalue weighted by atomic mass is 10.2. The summed E-state index contributed by atoms with van der Waals surface area (Å²) in [5.74, 6) is 0.771. The van der Waals surface area contributed by atoms with Crippen molar-refractivity contribution in [3.63, 3.8) is 0 Å². The van der Waals surface area contributed by atoms with Crippen LogP contribution in [0.15, 0.2) is 35.9 Å². The van der Waals surface area contributed by atoms with E-state index in [1.165, 1.54) is 5.56 Å². The van der Waals surface area contributed by atoms with Crippen molar-refractivity contribution in [3.8, 4) is 5.75 Å². The molecule has 1 atom stereocenters. The maximum Gasteiger partial charge on any atom is 0.119 e. The van der Waals surface area contributed by atoms with Crippen LogP contribution in [0.25, 0.3) is 0 Å². The normalized spacial score (nSPS) is 12.2. The van der Waals surface area contributed by atoms with Gasteiger partial charge in [0.2, 0.25) is 0 Å². The molecule has 0 aliphatic heterocycles. The first-order valence-electron chi connectivity index (χ1n) is 6.05. The van der Waals surface area contributed by atoms with Crippen molar-refractivity contribution in [2.45, 2.75) is 19.4 Å². The summed E-state index contributed by atoms with van der Waals surface area (Å²) in [6.45, 7) is 6.84. The molecule has 0 heterocycles. The van der Waals surface area contributed by atoms with Crippen LogP contribution in [-0.2, 0) is 6.42 Å². The van der Waals surface area contributed by atoms with Crippen molar-refractivity contribution in [1.82, 2.24) is 5.32 Å². The number of nitrogens with one attached hydrogen (secondary N) is 1. The Bertz CT molecular complexity index is 365. The van der Waals surface area contributed by atoms with E-state index < -0.39 is 6.10 Å². The van der Waals surface area contributed by atoms with Crippen LogP contribution in [0, 0.1) is 0 Å². The molecule has 1 aromatic rings. The van der Waals surface area contributed by atoms with Crippen molar-refractivity contribution < 1.29 is 9.84 Å². The van der Waals surface area contributed by atoms with E-state index in [0.717, 1.165) is 12.2 Å². The largest absolute Gasteiger partial charge is 0.491 e. The first-order chi connectivity index (χ1) is 8.61. The molecule has 2 N–H and O–H groups in total. The van der Waals surface area contributed by atoms with Crippen LogP contribution in [-0.4, -0.2) is 30.9 Å². The zero-order valence-electron chi connectivity index (χ0n) is 10.7. The molecule has 0 radical (unpaired) electrons. The van der Waals surface area contributed by atoms with Gasteiger partial charge in [0, 0.05) is 18.1 Å². The SMILES string of the molecule is C=C(Cl)CNCC(O)COc1ccc(CC)cc1. The molecule has 0 spiro atoms. The van der Waals surface area contributed by atoms with Gasteiger partial charge in [-0.05, 0) is 24.1 Å². The summed E-state index contributed by atoms with van der Waals surface area (Å²) < 4.78 is 5.48. The third kappa shape index (κ3) is 6.05. The molecule has 4 heteroatoms. The number of rotatable bonds is 8. The Morgan fingerprint density at radius 2 is 2.11 bits per heavy atom. The fourth-order valence-corrected chi connectivity index (χ4v) is 1.54. The minimum atomic E-state index is -0.563. The van der Waals surface area contributed by atoms with Gasteiger partial charge in [0.1, 0.15) is 18.5 Å². The molecule has 0 aromatic heterocycles. The summed E-state index contributed by atoms with van der Waals surface area (Å²) in [5.41, 5.74) is 1.27. The van der Waals surface area contributed by atoms with Gasteiger partial charge < -0.3 is 15.2 Å². The number of aliphatic hydroxyl groups excluding tert-OH is 1. The van der Waals surface area contributed by atoms with Gasteiger partial charge in [-0.2, -0.15) is 0 Å². The van der Waals surface area contributed by atoms with Gasteiger partial charge >= 0.3 is 0 Å². The summed E-state index contributed by atoms with van der Waals surface area (Å²) in [6, 6.07) is 7.88. The van der Waals surface area contributed by atoms with Crippen LogP contribution in [0.4, 0.5) is 0 Å². The summed E-state index contributed by atoms with van der Waals surface area (Å²) >= 11 is 5.59. The Morgan fingerprint density at radius 1 is 1.44 bits per heavy atom. The van der Waals surface area contributed by atoms with Gasteiger partial charge in [0.25, 0.3) is 0 Å². The maximum atomic E-state index is 9.66. The first-order valence-corrected chi connectivity index (χ1v) is 6.43. The van der Waals surface area contributed by atoms with Crippen molar-refractivity contribution in [2.24, 2.45) is 0 Å². The zero-order valence-corrected chi connectivity index (χ0v) is 11.4. The average molecular weight is 270 g/mol. The van der Waals surface area contributed by atoms with Gasteiger partial charge in [-0.1, -0.05) is 37.2 Å². The highest BCUT2D eigenvalue weighted by atomic mass is 35.5. The minimum absolute atomic E-state index is 0.257. The van der Waals surface area contributed by atoms with E-state index in [4.69, 9.17) is 16.3 Å². The fraction of sp³-hybridized carbons (Fsp3) is 0.429. The molecule has 1 unspecified atom stereocenters. The predicted octanol–water partition coefficient (Wildman–Crippen LogP) is 2.33. The van der Waals surface area contributed by atoms with Crippen LogP contribution in [0.2, 0.25) is 0 Å². The summed E-state index contributed by atoms with van der Waals surface area (Å²) in [6.07, 6.45) is 0.446. The minimum Gasteiger partial charge on any atom is -0.491 e. The van der Waals surface area contributed by atoms with E-state index >= 15 is 0 Å². The van der Waals surface area contributed by atoms with Gasteiger partial charge in [0.05, 0.1) is 0 Å². The molecule has 0 aliphatic carbocycles. The molecular weight excluding hydrogens is 250 g/mol. The lowest BCUT2D eigenvalue weighted by Gasteiger charge is -2.13. The molecular formula is C14H20ClNO2. The molecule has 1 rings (SSSR count). The molecule has 0 aliphatic rings. The van der Waals surface area contributed by atoms with E-state index in [2.05, 4.69) is 18.8 Å². The zero-order chi connectivity index (χ0) is 13.4. The van der Waals surface area contributed by atoms with Crippen molar-refractivity contribution in [2.75, 3.05) is 19.7 Å². The Balaban J connectivity index is 2.24. The molecule has 0 amide bonds. The second-order valence-corrected chi connectivity index (χ2v) is 4.65. The van der Waals surface area contributed by atoms with E-state index in [9.17, 15) is 5.11 Å². The molecule has 3 nitrogen and oxygen atoms in total. The maximum absolute atomic E-state index is 9.66. The first kappa shape index (κ1) is 15.0. The molecule has 1 aromatic carbocycles. The van der Waals surface area contributed by atoms with E-state index in [0.29, 0.717) is 18.1 Å². The molecule has 0 fully saturated rings. The van der Waals surface area contributed by atoms with E-state index in [1.54, 1.807) is 0 Å².